The van der Waals surface area contributed by atoms with E-state index in [1.807, 2.05) is 31.2 Å². The smallest absolute Gasteiger partial charge is 0.202 e. The summed E-state index contributed by atoms with van der Waals surface area (Å²) in [4.78, 5) is 12.0. The third-order valence-electron chi connectivity index (χ3n) is 2.84. The number of methoxy groups -OCH3 is 1. The first kappa shape index (κ1) is 12.6. The Bertz CT molecular complexity index is 540. The van der Waals surface area contributed by atoms with Gasteiger partial charge in [0.05, 0.1) is 0 Å². The van der Waals surface area contributed by atoms with Gasteiger partial charge < -0.3 is 9.15 Å². The molecule has 0 radical (unpaired) electrons. The van der Waals surface area contributed by atoms with Crippen LogP contribution in [0, 0.1) is 6.92 Å². The number of rotatable bonds is 5. The van der Waals surface area contributed by atoms with Gasteiger partial charge in [-0.2, -0.15) is 0 Å². The number of hydrogen-bond acceptors (Lipinski definition) is 3. The van der Waals surface area contributed by atoms with Gasteiger partial charge >= 0.3 is 0 Å². The van der Waals surface area contributed by atoms with Crippen molar-refractivity contribution in [2.45, 2.75) is 20.0 Å². The Morgan fingerprint density at radius 2 is 2.00 bits per heavy atom. The topological polar surface area (TPSA) is 39.4 Å². The molecule has 2 aromatic rings. The second-order valence-corrected chi connectivity index (χ2v) is 4.23. The normalized spacial score (nSPS) is 10.6. The van der Waals surface area contributed by atoms with Gasteiger partial charge in [-0.05, 0) is 30.2 Å². The van der Waals surface area contributed by atoms with Gasteiger partial charge in [-0.15, -0.1) is 0 Å². The lowest BCUT2D eigenvalue weighted by Crippen LogP contribution is -2.03. The third kappa shape index (κ3) is 2.87. The Labute approximate surface area is 106 Å². The zero-order valence-corrected chi connectivity index (χ0v) is 10.6. The SMILES string of the molecule is COCc1ccc(C(=O)Cc2ccccc2C)o1. The van der Waals surface area contributed by atoms with Crippen LogP contribution in [-0.4, -0.2) is 12.9 Å². The van der Waals surface area contributed by atoms with Crippen LogP contribution in [0.4, 0.5) is 0 Å². The van der Waals surface area contributed by atoms with Crippen molar-refractivity contribution in [3.8, 4) is 0 Å². The average Bonchev–Trinajstić information content (AvgIpc) is 2.81. The minimum Gasteiger partial charge on any atom is -0.456 e. The highest BCUT2D eigenvalue weighted by atomic mass is 16.5. The van der Waals surface area contributed by atoms with Crippen molar-refractivity contribution in [2.24, 2.45) is 0 Å². The molecule has 0 amide bonds. The van der Waals surface area contributed by atoms with Crippen LogP contribution in [-0.2, 0) is 17.8 Å². The van der Waals surface area contributed by atoms with Crippen molar-refractivity contribution in [1.82, 2.24) is 0 Å². The molecule has 0 fully saturated rings. The summed E-state index contributed by atoms with van der Waals surface area (Å²) < 4.78 is 10.4. The molecule has 1 heterocycles. The second-order valence-electron chi connectivity index (χ2n) is 4.23. The highest BCUT2D eigenvalue weighted by Gasteiger charge is 2.12. The second kappa shape index (κ2) is 5.65. The number of ether oxygens (including phenoxy) is 1. The lowest BCUT2D eigenvalue weighted by atomic mass is 10.0. The maximum absolute atomic E-state index is 12.0. The van der Waals surface area contributed by atoms with E-state index in [9.17, 15) is 4.79 Å². The monoisotopic (exact) mass is 244 g/mol. The van der Waals surface area contributed by atoms with E-state index in [0.29, 0.717) is 24.5 Å². The van der Waals surface area contributed by atoms with E-state index < -0.39 is 0 Å². The van der Waals surface area contributed by atoms with Gasteiger partial charge in [0.2, 0.25) is 5.78 Å². The number of Topliss-reactive ketones (excluding diaryl/α,β-unsaturated/α-hetero) is 1. The molecule has 1 aromatic heterocycles. The largest absolute Gasteiger partial charge is 0.456 e. The molecular weight excluding hydrogens is 228 g/mol. The third-order valence-corrected chi connectivity index (χ3v) is 2.84. The number of ketones is 1. The van der Waals surface area contributed by atoms with Gasteiger partial charge in [0.1, 0.15) is 12.4 Å². The number of furan rings is 1. The molecule has 0 spiro atoms. The van der Waals surface area contributed by atoms with Crippen LogP contribution in [0.2, 0.25) is 0 Å². The van der Waals surface area contributed by atoms with Crippen LogP contribution >= 0.6 is 0 Å². The van der Waals surface area contributed by atoms with Crippen molar-refractivity contribution in [3.05, 3.63) is 59.0 Å². The average molecular weight is 244 g/mol. The molecule has 0 aliphatic carbocycles. The summed E-state index contributed by atoms with van der Waals surface area (Å²) >= 11 is 0. The highest BCUT2D eigenvalue weighted by Crippen LogP contribution is 2.14. The summed E-state index contributed by atoms with van der Waals surface area (Å²) in [5.74, 6) is 1.06. The van der Waals surface area contributed by atoms with Crippen molar-refractivity contribution in [2.75, 3.05) is 7.11 Å². The lowest BCUT2D eigenvalue weighted by Gasteiger charge is -2.03. The van der Waals surface area contributed by atoms with E-state index in [4.69, 9.17) is 9.15 Å². The van der Waals surface area contributed by atoms with Crippen molar-refractivity contribution >= 4 is 5.78 Å². The van der Waals surface area contributed by atoms with Crippen LogP contribution in [0.25, 0.3) is 0 Å². The number of aryl methyl sites for hydroxylation is 1. The van der Waals surface area contributed by atoms with E-state index in [0.717, 1.165) is 11.1 Å². The number of carbonyl (C=O) groups is 1. The molecule has 1 aromatic carbocycles. The molecular formula is C15H16O3. The van der Waals surface area contributed by atoms with Crippen LogP contribution in [0.1, 0.15) is 27.4 Å². The summed E-state index contributed by atoms with van der Waals surface area (Å²) in [6.45, 7) is 2.39. The minimum absolute atomic E-state index is 0.00773. The Balaban J connectivity index is 2.10. The molecule has 0 aliphatic heterocycles. The first-order chi connectivity index (χ1) is 8.70. The zero-order valence-electron chi connectivity index (χ0n) is 10.6. The van der Waals surface area contributed by atoms with E-state index in [2.05, 4.69) is 0 Å². The predicted octanol–water partition coefficient (Wildman–Crippen LogP) is 3.16. The van der Waals surface area contributed by atoms with Crippen LogP contribution in [0.3, 0.4) is 0 Å². The quantitative estimate of drug-likeness (QED) is 0.758. The van der Waals surface area contributed by atoms with Crippen molar-refractivity contribution in [1.29, 1.82) is 0 Å². The number of benzene rings is 1. The van der Waals surface area contributed by atoms with E-state index in [1.54, 1.807) is 19.2 Å². The Hall–Kier alpha value is -1.87. The van der Waals surface area contributed by atoms with Gasteiger partial charge in [0.15, 0.2) is 5.76 Å². The van der Waals surface area contributed by atoms with Gasteiger partial charge in [-0.3, -0.25) is 4.79 Å². The van der Waals surface area contributed by atoms with E-state index in [1.165, 1.54) is 0 Å². The molecule has 0 unspecified atom stereocenters. The maximum atomic E-state index is 12.0. The maximum Gasteiger partial charge on any atom is 0.202 e. The van der Waals surface area contributed by atoms with Crippen LogP contribution in [0.15, 0.2) is 40.8 Å². The summed E-state index contributed by atoms with van der Waals surface area (Å²) in [5, 5.41) is 0. The summed E-state index contributed by atoms with van der Waals surface area (Å²) in [6, 6.07) is 11.3. The van der Waals surface area contributed by atoms with E-state index in [-0.39, 0.29) is 5.78 Å². The summed E-state index contributed by atoms with van der Waals surface area (Å²) in [5.41, 5.74) is 2.15. The number of carbonyl (C=O) groups excluding carboxylic acids is 1. The predicted molar refractivity (Wildman–Crippen MR) is 68.6 cm³/mol. The fraction of sp³-hybridized carbons (Fsp3) is 0.267. The van der Waals surface area contributed by atoms with Gasteiger partial charge in [0.25, 0.3) is 0 Å². The van der Waals surface area contributed by atoms with Crippen LogP contribution < -0.4 is 0 Å². The fourth-order valence-corrected chi connectivity index (χ4v) is 1.82. The molecule has 3 nitrogen and oxygen atoms in total. The van der Waals surface area contributed by atoms with E-state index >= 15 is 0 Å². The van der Waals surface area contributed by atoms with Crippen molar-refractivity contribution < 1.29 is 13.9 Å². The zero-order chi connectivity index (χ0) is 13.0. The van der Waals surface area contributed by atoms with Crippen LogP contribution in [0.5, 0.6) is 0 Å². The first-order valence-electron chi connectivity index (χ1n) is 5.86. The van der Waals surface area contributed by atoms with Gasteiger partial charge in [-0.25, -0.2) is 0 Å². The molecule has 18 heavy (non-hydrogen) atoms. The molecule has 0 saturated carbocycles. The molecule has 94 valence electrons. The molecule has 3 heteroatoms. The molecule has 0 saturated heterocycles. The highest BCUT2D eigenvalue weighted by molar-refractivity contribution is 5.95. The Morgan fingerprint density at radius 1 is 1.22 bits per heavy atom. The number of hydrogen-bond donors (Lipinski definition) is 0. The van der Waals surface area contributed by atoms with Gasteiger partial charge in [0, 0.05) is 13.5 Å². The summed E-state index contributed by atoms with van der Waals surface area (Å²) in [6.07, 6.45) is 0.368. The first-order valence-corrected chi connectivity index (χ1v) is 5.86. The standard InChI is InChI=1S/C15H16O3/c1-11-5-3-4-6-12(11)9-14(16)15-8-7-13(18-15)10-17-2/h3-8H,9-10H2,1-2H3. The Kier molecular flexibility index (Phi) is 3.95. The molecule has 0 atom stereocenters. The molecule has 0 bridgehead atoms. The van der Waals surface area contributed by atoms with Gasteiger partial charge in [-0.1, -0.05) is 24.3 Å². The Morgan fingerprint density at radius 3 is 2.72 bits per heavy atom. The molecule has 0 N–H and O–H groups in total. The summed E-state index contributed by atoms with van der Waals surface area (Å²) in [7, 11) is 1.59. The molecule has 0 aliphatic rings. The lowest BCUT2D eigenvalue weighted by molar-refractivity contribution is 0.0957. The van der Waals surface area contributed by atoms with Crippen molar-refractivity contribution in [3.63, 3.8) is 0 Å². The fourth-order valence-electron chi connectivity index (χ4n) is 1.82. The minimum atomic E-state index is -0.00773. The molecule has 2 rings (SSSR count).